The highest BCUT2D eigenvalue weighted by Gasteiger charge is 2.44. The molecule has 218 valence electrons. The molecular weight excluding hydrogens is 575 g/mol. The van der Waals surface area contributed by atoms with Crippen LogP contribution in [0.25, 0.3) is 43.9 Å². The van der Waals surface area contributed by atoms with Gasteiger partial charge in [-0.2, -0.15) is 0 Å². The number of hydrogen-bond donors (Lipinski definition) is 0. The fourth-order valence-corrected chi connectivity index (χ4v) is 8.08. The van der Waals surface area contributed by atoms with E-state index in [-0.39, 0.29) is 6.71 Å². The average Bonchev–Trinajstić information content (AvgIpc) is 3.68. The molecule has 0 atom stereocenters. The van der Waals surface area contributed by atoms with E-state index in [0.717, 1.165) is 66.6 Å². The normalized spacial score (nSPS) is 13.4. The molecule has 2 aliphatic rings. The number of benzene rings is 7. The predicted molar refractivity (Wildman–Crippen MR) is 195 cm³/mol. The van der Waals surface area contributed by atoms with Crippen molar-refractivity contribution in [3.63, 3.8) is 0 Å². The predicted octanol–water partition coefficient (Wildman–Crippen LogP) is 9.57. The third kappa shape index (κ3) is 3.38. The van der Waals surface area contributed by atoms with E-state index in [4.69, 9.17) is 8.83 Å². The molecule has 47 heavy (non-hydrogen) atoms. The quantitative estimate of drug-likeness (QED) is 0.185. The van der Waals surface area contributed by atoms with E-state index in [0.29, 0.717) is 0 Å². The molecule has 0 saturated carbocycles. The molecule has 2 aromatic heterocycles. The summed E-state index contributed by atoms with van der Waals surface area (Å²) >= 11 is 0. The molecule has 5 heteroatoms. The molecule has 0 aliphatic carbocycles. The minimum absolute atomic E-state index is 0.0404. The number of hydrogen-bond acceptors (Lipinski definition) is 4. The van der Waals surface area contributed by atoms with Crippen molar-refractivity contribution in [3.8, 4) is 0 Å². The molecule has 9 aromatic rings. The van der Waals surface area contributed by atoms with Crippen LogP contribution in [0.15, 0.2) is 160 Å². The zero-order valence-electron chi connectivity index (χ0n) is 25.2. The van der Waals surface area contributed by atoms with E-state index in [1.807, 2.05) is 12.1 Å². The minimum atomic E-state index is -0.0404. The first kappa shape index (κ1) is 25.0. The first-order valence-electron chi connectivity index (χ1n) is 16.1. The largest absolute Gasteiger partial charge is 0.456 e. The van der Waals surface area contributed by atoms with E-state index in [1.165, 1.54) is 27.8 Å². The van der Waals surface area contributed by atoms with Crippen LogP contribution < -0.4 is 26.2 Å². The lowest BCUT2D eigenvalue weighted by molar-refractivity contribution is 0.669. The summed E-state index contributed by atoms with van der Waals surface area (Å²) in [6.45, 7) is -0.0404. The third-order valence-corrected chi connectivity index (χ3v) is 10.0. The van der Waals surface area contributed by atoms with Gasteiger partial charge in [0.25, 0.3) is 6.71 Å². The molecular formula is C42H25BN2O2. The molecule has 2 aliphatic heterocycles. The lowest BCUT2D eigenvalue weighted by atomic mass is 9.33. The standard InChI is InChI=1S/C42H25BN2O2/c1-3-12-26(13-4-1)44-34-18-11-19-35-42(34)43(32-24-40-30(22-36(32)44)28-16-7-9-20-38(28)46-40)33-25-41-31(29-17-8-10-21-39(29)47-41)23-37(33)45(35)27-14-5-2-6-15-27/h1-25H. The maximum atomic E-state index is 6.53. The molecule has 11 rings (SSSR count). The highest BCUT2D eigenvalue weighted by Crippen LogP contribution is 2.46. The summed E-state index contributed by atoms with van der Waals surface area (Å²) in [6.07, 6.45) is 0. The van der Waals surface area contributed by atoms with Crippen LogP contribution in [0.4, 0.5) is 34.1 Å². The van der Waals surface area contributed by atoms with Gasteiger partial charge in [-0.25, -0.2) is 0 Å². The Morgan fingerprint density at radius 1 is 0.362 bits per heavy atom. The van der Waals surface area contributed by atoms with Crippen molar-refractivity contribution < 1.29 is 8.83 Å². The minimum Gasteiger partial charge on any atom is -0.456 e. The van der Waals surface area contributed by atoms with Crippen LogP contribution in [0.5, 0.6) is 0 Å². The second kappa shape index (κ2) is 9.18. The molecule has 0 unspecified atom stereocenters. The molecule has 0 N–H and O–H groups in total. The molecule has 4 heterocycles. The number of nitrogens with zero attached hydrogens (tertiary/aromatic N) is 2. The Morgan fingerprint density at radius 3 is 1.30 bits per heavy atom. The van der Waals surface area contributed by atoms with Gasteiger partial charge in [0.05, 0.1) is 0 Å². The van der Waals surface area contributed by atoms with Crippen molar-refractivity contribution in [2.45, 2.75) is 0 Å². The fraction of sp³-hybridized carbons (Fsp3) is 0. The molecule has 0 saturated heterocycles. The Labute approximate surface area is 270 Å². The summed E-state index contributed by atoms with van der Waals surface area (Å²) in [5.74, 6) is 0. The van der Waals surface area contributed by atoms with Gasteiger partial charge >= 0.3 is 0 Å². The van der Waals surface area contributed by atoms with Crippen LogP contribution in [-0.2, 0) is 0 Å². The zero-order chi connectivity index (χ0) is 30.6. The molecule has 7 aromatic carbocycles. The molecule has 0 spiro atoms. The Bertz CT molecular complexity index is 2530. The topological polar surface area (TPSA) is 32.8 Å². The second-order valence-corrected chi connectivity index (χ2v) is 12.5. The highest BCUT2D eigenvalue weighted by atomic mass is 16.3. The van der Waals surface area contributed by atoms with E-state index in [1.54, 1.807) is 0 Å². The van der Waals surface area contributed by atoms with Gasteiger partial charge in [0.2, 0.25) is 0 Å². The lowest BCUT2D eigenvalue weighted by Gasteiger charge is -2.44. The molecule has 0 fully saturated rings. The Kier molecular flexibility index (Phi) is 4.89. The average molecular weight is 600 g/mol. The van der Waals surface area contributed by atoms with E-state index >= 15 is 0 Å². The van der Waals surface area contributed by atoms with Crippen LogP contribution in [0.1, 0.15) is 0 Å². The summed E-state index contributed by atoms with van der Waals surface area (Å²) in [5, 5.41) is 4.49. The summed E-state index contributed by atoms with van der Waals surface area (Å²) < 4.78 is 13.1. The van der Waals surface area contributed by atoms with Gasteiger partial charge in [-0.3, -0.25) is 0 Å². The van der Waals surface area contributed by atoms with Gasteiger partial charge in [-0.1, -0.05) is 78.9 Å². The van der Waals surface area contributed by atoms with Gasteiger partial charge in [0.15, 0.2) is 0 Å². The summed E-state index contributed by atoms with van der Waals surface area (Å²) in [7, 11) is 0. The van der Waals surface area contributed by atoms with Crippen molar-refractivity contribution in [1.82, 2.24) is 0 Å². The highest BCUT2D eigenvalue weighted by molar-refractivity contribution is 7.00. The van der Waals surface area contributed by atoms with Crippen molar-refractivity contribution in [2.75, 3.05) is 9.80 Å². The lowest BCUT2D eigenvalue weighted by Crippen LogP contribution is -2.61. The van der Waals surface area contributed by atoms with Crippen molar-refractivity contribution >= 4 is 101 Å². The maximum absolute atomic E-state index is 6.53. The van der Waals surface area contributed by atoms with E-state index < -0.39 is 0 Å². The second-order valence-electron chi connectivity index (χ2n) is 12.5. The van der Waals surface area contributed by atoms with Gasteiger partial charge in [0.1, 0.15) is 22.3 Å². The number of anilines is 6. The smallest absolute Gasteiger partial charge is 0.252 e. The van der Waals surface area contributed by atoms with E-state index in [2.05, 4.69) is 149 Å². The van der Waals surface area contributed by atoms with Crippen LogP contribution >= 0.6 is 0 Å². The van der Waals surface area contributed by atoms with Crippen molar-refractivity contribution in [1.29, 1.82) is 0 Å². The van der Waals surface area contributed by atoms with Gasteiger partial charge in [0, 0.05) is 55.7 Å². The number of fused-ring (bicyclic) bond motifs is 10. The molecule has 0 bridgehead atoms. The van der Waals surface area contributed by atoms with E-state index in [9.17, 15) is 0 Å². The summed E-state index contributed by atoms with van der Waals surface area (Å²) in [6, 6.07) is 54.1. The van der Waals surface area contributed by atoms with Gasteiger partial charge < -0.3 is 18.6 Å². The van der Waals surface area contributed by atoms with Crippen molar-refractivity contribution in [3.05, 3.63) is 152 Å². The zero-order valence-corrected chi connectivity index (χ0v) is 25.2. The first-order valence-corrected chi connectivity index (χ1v) is 16.1. The van der Waals surface area contributed by atoms with Crippen molar-refractivity contribution in [2.24, 2.45) is 0 Å². The van der Waals surface area contributed by atoms with Gasteiger partial charge in [-0.15, -0.1) is 0 Å². The van der Waals surface area contributed by atoms with Crippen LogP contribution in [0.2, 0.25) is 0 Å². The first-order chi connectivity index (χ1) is 23.3. The molecule has 0 amide bonds. The molecule has 0 radical (unpaired) electrons. The van der Waals surface area contributed by atoms with Gasteiger partial charge in [-0.05, 0) is 89.2 Å². The number of rotatable bonds is 2. The van der Waals surface area contributed by atoms with Crippen LogP contribution in [0, 0.1) is 0 Å². The third-order valence-electron chi connectivity index (χ3n) is 10.0. The van der Waals surface area contributed by atoms with Crippen LogP contribution in [0.3, 0.4) is 0 Å². The molecule has 4 nitrogen and oxygen atoms in total. The number of para-hydroxylation sites is 4. The SMILES string of the molecule is c1ccc(N2c3cc4c(cc3B3c5cc6oc7ccccc7c6cc5N(c5ccccc5)c5cccc2c53)oc2ccccc24)cc1. The maximum Gasteiger partial charge on any atom is 0.252 e. The fourth-order valence-electron chi connectivity index (χ4n) is 8.08. The Morgan fingerprint density at radius 2 is 0.809 bits per heavy atom. The summed E-state index contributed by atoms with van der Waals surface area (Å²) in [5.41, 5.74) is 14.2. The Balaban J connectivity index is 1.29. The Hall–Kier alpha value is -6.20. The monoisotopic (exact) mass is 600 g/mol. The number of furan rings is 2. The van der Waals surface area contributed by atoms with Crippen LogP contribution in [-0.4, -0.2) is 6.71 Å². The summed E-state index contributed by atoms with van der Waals surface area (Å²) in [4.78, 5) is 4.86.